The van der Waals surface area contributed by atoms with Gasteiger partial charge >= 0.3 is 0 Å². The molecule has 1 N–H and O–H groups in total. The molecule has 1 unspecified atom stereocenters. The van der Waals surface area contributed by atoms with Crippen LogP contribution in [0.25, 0.3) is 10.9 Å². The van der Waals surface area contributed by atoms with Gasteiger partial charge in [0.05, 0.1) is 40.5 Å². The molecule has 37 heavy (non-hydrogen) atoms. The van der Waals surface area contributed by atoms with Crippen LogP contribution in [0, 0.1) is 34.5 Å². The average Bonchev–Trinajstić information content (AvgIpc) is 3.25. The van der Waals surface area contributed by atoms with Crippen molar-refractivity contribution in [3.63, 3.8) is 0 Å². The maximum Gasteiger partial charge on any atom is 0.107 e. The molecule has 1 atom stereocenters. The molecular formula is C29H31ClF2N4O. The van der Waals surface area contributed by atoms with Gasteiger partial charge in [-0.3, -0.25) is 0 Å². The minimum absolute atomic E-state index is 0.228. The van der Waals surface area contributed by atoms with Gasteiger partial charge in [-0.1, -0.05) is 11.6 Å². The number of nitrogens with one attached hydrogen (secondary N) is 1. The Balaban J connectivity index is 0.000000209. The molecule has 1 aromatic heterocycles. The summed E-state index contributed by atoms with van der Waals surface area (Å²) in [5.41, 5.74) is 5.58. The number of aryl methyl sites for hydroxylation is 1. The number of hydrogen-bond donors (Lipinski definition) is 1. The Morgan fingerprint density at radius 2 is 1.70 bits per heavy atom. The van der Waals surface area contributed by atoms with Crippen molar-refractivity contribution in [1.29, 1.82) is 10.5 Å². The summed E-state index contributed by atoms with van der Waals surface area (Å²) >= 11 is 5.81. The number of benzene rings is 2. The second-order valence-corrected chi connectivity index (χ2v) is 9.89. The van der Waals surface area contributed by atoms with Crippen molar-refractivity contribution >= 4 is 28.2 Å². The molecule has 2 aliphatic rings. The van der Waals surface area contributed by atoms with Crippen LogP contribution in [-0.4, -0.2) is 37.7 Å². The van der Waals surface area contributed by atoms with E-state index in [1.54, 1.807) is 18.2 Å². The van der Waals surface area contributed by atoms with Gasteiger partial charge in [-0.25, -0.2) is 8.78 Å². The quantitative estimate of drug-likeness (QED) is 0.394. The monoisotopic (exact) mass is 524 g/mol. The van der Waals surface area contributed by atoms with E-state index in [0.717, 1.165) is 55.7 Å². The Labute approximate surface area is 221 Å². The van der Waals surface area contributed by atoms with E-state index in [1.807, 2.05) is 24.3 Å². The van der Waals surface area contributed by atoms with Crippen molar-refractivity contribution in [2.24, 2.45) is 11.8 Å². The molecule has 5 rings (SSSR count). The lowest BCUT2D eigenvalue weighted by atomic mass is 9.75. The van der Waals surface area contributed by atoms with Gasteiger partial charge < -0.3 is 14.6 Å². The number of anilines is 1. The molecule has 2 heterocycles. The summed E-state index contributed by atoms with van der Waals surface area (Å²) in [5, 5.41) is 22.2. The van der Waals surface area contributed by atoms with Crippen molar-refractivity contribution < 1.29 is 13.5 Å². The topological polar surface area (TPSA) is 73.8 Å². The second kappa shape index (κ2) is 12.9. The molecule has 1 fully saturated rings. The normalized spacial score (nSPS) is 17.3. The van der Waals surface area contributed by atoms with Crippen LogP contribution >= 0.6 is 11.6 Å². The number of rotatable bonds is 6. The van der Waals surface area contributed by atoms with Gasteiger partial charge in [0, 0.05) is 36.4 Å². The van der Waals surface area contributed by atoms with Crippen molar-refractivity contribution in [3.05, 3.63) is 63.8 Å². The summed E-state index contributed by atoms with van der Waals surface area (Å²) in [6, 6.07) is 14.9. The van der Waals surface area contributed by atoms with Crippen LogP contribution in [0.1, 0.15) is 41.6 Å². The first-order chi connectivity index (χ1) is 18.1. The number of hydrogen-bond acceptors (Lipinski definition) is 4. The molecule has 1 saturated heterocycles. The standard InChI is InChI=1S/C20H23FN2O.C9H8ClFN2/c21-7-8-23-19-3-1-14(13-22)11-17(19)18-12-16(2-4-20(18)23)15-5-9-24-10-6-15;10-8-5-7(6-12)1-2-9(8)13-4-3-11/h1,3,11,15-16H,2,4-10,12H2;1-2,5,13H,3-4H2. The zero-order valence-corrected chi connectivity index (χ0v) is 21.5. The van der Waals surface area contributed by atoms with Gasteiger partial charge in [0.15, 0.2) is 0 Å². The van der Waals surface area contributed by atoms with E-state index in [1.165, 1.54) is 17.7 Å². The zero-order valence-electron chi connectivity index (χ0n) is 20.8. The van der Waals surface area contributed by atoms with Crippen molar-refractivity contribution in [2.45, 2.75) is 38.6 Å². The SMILES string of the molecule is N#Cc1ccc(NCCF)c(Cl)c1.N#Cc1ccc2c(c1)c1c(n2CCF)CCC(C2CCOCC2)C1. The molecular weight excluding hydrogens is 494 g/mol. The van der Waals surface area contributed by atoms with E-state index in [2.05, 4.69) is 16.0 Å². The molecule has 5 nitrogen and oxygen atoms in total. The van der Waals surface area contributed by atoms with E-state index < -0.39 is 6.67 Å². The predicted octanol–water partition coefficient (Wildman–Crippen LogP) is 6.61. The maximum absolute atomic E-state index is 13.1. The van der Waals surface area contributed by atoms with Crippen LogP contribution in [0.15, 0.2) is 36.4 Å². The van der Waals surface area contributed by atoms with E-state index in [-0.39, 0.29) is 13.2 Å². The molecule has 0 radical (unpaired) electrons. The molecule has 8 heteroatoms. The first-order valence-corrected chi connectivity index (χ1v) is 13.1. The highest BCUT2D eigenvalue weighted by atomic mass is 35.5. The second-order valence-electron chi connectivity index (χ2n) is 9.48. The third-order valence-corrected chi connectivity index (χ3v) is 7.70. The molecule has 3 aromatic rings. The van der Waals surface area contributed by atoms with Gasteiger partial charge in [-0.05, 0) is 85.9 Å². The van der Waals surface area contributed by atoms with Gasteiger partial charge in [0.1, 0.15) is 13.3 Å². The van der Waals surface area contributed by atoms with E-state index in [0.29, 0.717) is 34.3 Å². The number of nitrogens with zero attached hydrogens (tertiary/aromatic N) is 3. The van der Waals surface area contributed by atoms with Crippen molar-refractivity contribution in [3.8, 4) is 12.1 Å². The molecule has 0 amide bonds. The predicted molar refractivity (Wildman–Crippen MR) is 142 cm³/mol. The molecule has 1 aliphatic carbocycles. The molecule has 0 saturated carbocycles. The first kappa shape index (κ1) is 26.9. The van der Waals surface area contributed by atoms with Gasteiger partial charge in [-0.2, -0.15) is 10.5 Å². The number of alkyl halides is 2. The Morgan fingerprint density at radius 1 is 0.973 bits per heavy atom. The Bertz CT molecular complexity index is 1300. The molecule has 0 bridgehead atoms. The highest BCUT2D eigenvalue weighted by Gasteiger charge is 2.31. The largest absolute Gasteiger partial charge is 0.381 e. The van der Waals surface area contributed by atoms with E-state index in [9.17, 15) is 14.0 Å². The van der Waals surface area contributed by atoms with Gasteiger partial charge in [0.25, 0.3) is 0 Å². The van der Waals surface area contributed by atoms with Crippen LogP contribution in [0.4, 0.5) is 14.5 Å². The molecule has 194 valence electrons. The number of halogens is 3. The summed E-state index contributed by atoms with van der Waals surface area (Å²) in [7, 11) is 0. The summed E-state index contributed by atoms with van der Waals surface area (Å²) in [6.07, 6.45) is 5.59. The average molecular weight is 525 g/mol. The maximum atomic E-state index is 13.1. The minimum atomic E-state index is -0.448. The van der Waals surface area contributed by atoms with Gasteiger partial charge in [-0.15, -0.1) is 0 Å². The molecule has 2 aromatic carbocycles. The van der Waals surface area contributed by atoms with Crippen molar-refractivity contribution in [2.75, 3.05) is 38.4 Å². The zero-order chi connectivity index (χ0) is 26.2. The number of ether oxygens (including phenoxy) is 1. The smallest absolute Gasteiger partial charge is 0.107 e. The lowest BCUT2D eigenvalue weighted by molar-refractivity contribution is 0.0438. The minimum Gasteiger partial charge on any atom is -0.381 e. The molecule has 1 aliphatic heterocycles. The fraction of sp³-hybridized carbons (Fsp3) is 0.448. The Kier molecular flexibility index (Phi) is 9.39. The van der Waals surface area contributed by atoms with Crippen LogP contribution in [0.2, 0.25) is 5.02 Å². The lowest BCUT2D eigenvalue weighted by Gasteiger charge is -2.33. The van der Waals surface area contributed by atoms with Crippen molar-refractivity contribution in [1.82, 2.24) is 4.57 Å². The first-order valence-electron chi connectivity index (χ1n) is 12.8. The molecule has 0 spiro atoms. The third kappa shape index (κ3) is 6.24. The summed E-state index contributed by atoms with van der Waals surface area (Å²) in [5.74, 6) is 1.43. The highest BCUT2D eigenvalue weighted by molar-refractivity contribution is 6.33. The van der Waals surface area contributed by atoms with E-state index in [4.69, 9.17) is 21.6 Å². The number of fused-ring (bicyclic) bond motifs is 3. The fourth-order valence-electron chi connectivity index (χ4n) is 5.59. The number of aromatic nitrogens is 1. The van der Waals surface area contributed by atoms with Crippen LogP contribution < -0.4 is 5.32 Å². The van der Waals surface area contributed by atoms with Crippen LogP contribution in [-0.2, 0) is 24.1 Å². The lowest BCUT2D eigenvalue weighted by Crippen LogP contribution is -2.28. The summed E-state index contributed by atoms with van der Waals surface area (Å²) in [6.45, 7) is 1.62. The van der Waals surface area contributed by atoms with Crippen LogP contribution in [0.5, 0.6) is 0 Å². The summed E-state index contributed by atoms with van der Waals surface area (Å²) < 4.78 is 32.5. The van der Waals surface area contributed by atoms with Gasteiger partial charge in [0.2, 0.25) is 0 Å². The highest BCUT2D eigenvalue weighted by Crippen LogP contribution is 2.39. The van der Waals surface area contributed by atoms with Crippen LogP contribution in [0.3, 0.4) is 0 Å². The van der Waals surface area contributed by atoms with E-state index >= 15 is 0 Å². The fourth-order valence-corrected chi connectivity index (χ4v) is 5.83. The number of nitriles is 2. The third-order valence-electron chi connectivity index (χ3n) is 7.38. The Hall–Kier alpha value is -3.13. The Morgan fingerprint density at radius 3 is 2.38 bits per heavy atom. The summed E-state index contributed by atoms with van der Waals surface area (Å²) in [4.78, 5) is 0.